The molecule has 0 fully saturated rings. The summed E-state index contributed by atoms with van der Waals surface area (Å²) in [5.41, 5.74) is 4.95. The Labute approximate surface area is 183 Å². The third-order valence-electron chi connectivity index (χ3n) is 5.74. The highest BCUT2D eigenvalue weighted by molar-refractivity contribution is 5.93. The van der Waals surface area contributed by atoms with Crippen molar-refractivity contribution < 1.29 is 19.1 Å². The lowest BCUT2D eigenvalue weighted by Crippen LogP contribution is -2.52. The van der Waals surface area contributed by atoms with Gasteiger partial charge in [0.1, 0.15) is 6.04 Å². The second-order valence-electron chi connectivity index (χ2n) is 8.00. The van der Waals surface area contributed by atoms with Gasteiger partial charge in [0.15, 0.2) is 0 Å². The molecule has 1 N–H and O–H groups in total. The van der Waals surface area contributed by atoms with E-state index >= 15 is 0 Å². The Hall–Kier alpha value is -3.19. The van der Waals surface area contributed by atoms with Gasteiger partial charge < -0.3 is 15.0 Å². The van der Waals surface area contributed by atoms with Crippen molar-refractivity contribution in [3.05, 3.63) is 64.7 Å². The first-order valence-corrected chi connectivity index (χ1v) is 10.3. The average Bonchev–Trinajstić information content (AvgIpc) is 2.75. The van der Waals surface area contributed by atoms with Crippen molar-refractivity contribution in [3.8, 4) is 0 Å². The first kappa shape index (κ1) is 22.5. The number of hydrogen-bond acceptors (Lipinski definition) is 5. The fraction of sp³-hybridized carbons (Fsp3) is 0.375. The number of benzene rings is 2. The van der Waals surface area contributed by atoms with Gasteiger partial charge in [-0.3, -0.25) is 14.5 Å². The van der Waals surface area contributed by atoms with Crippen LogP contribution in [0.5, 0.6) is 0 Å². The fourth-order valence-corrected chi connectivity index (χ4v) is 3.83. The summed E-state index contributed by atoms with van der Waals surface area (Å²) in [5.74, 6) is -0.845. The van der Waals surface area contributed by atoms with Gasteiger partial charge in [-0.15, -0.1) is 0 Å². The van der Waals surface area contributed by atoms with Crippen LogP contribution in [-0.4, -0.2) is 60.9 Å². The smallest absolute Gasteiger partial charge is 0.328 e. The lowest BCUT2D eigenvalue weighted by molar-refractivity contribution is -0.154. The van der Waals surface area contributed by atoms with Gasteiger partial charge in [0, 0.05) is 18.7 Å². The lowest BCUT2D eigenvalue weighted by Gasteiger charge is -2.36. The van der Waals surface area contributed by atoms with E-state index < -0.39 is 12.0 Å². The maximum atomic E-state index is 13.0. The molecule has 0 saturated carbocycles. The minimum absolute atomic E-state index is 0.0237. The molecule has 7 nitrogen and oxygen atoms in total. The van der Waals surface area contributed by atoms with Crippen molar-refractivity contribution in [3.63, 3.8) is 0 Å². The number of aryl methyl sites for hydroxylation is 1. The van der Waals surface area contributed by atoms with E-state index in [1.54, 1.807) is 16.8 Å². The number of carbonyl (C=O) groups excluding carboxylic acids is 3. The fourth-order valence-electron chi connectivity index (χ4n) is 3.83. The number of ether oxygens (including phenoxy) is 1. The molecule has 3 rings (SSSR count). The highest BCUT2D eigenvalue weighted by Crippen LogP contribution is 2.24. The molecule has 2 aromatic carbocycles. The number of amides is 2. The van der Waals surface area contributed by atoms with E-state index in [9.17, 15) is 14.4 Å². The summed E-state index contributed by atoms with van der Waals surface area (Å²) >= 11 is 0. The molecule has 0 bridgehead atoms. The highest BCUT2D eigenvalue weighted by Gasteiger charge is 2.35. The van der Waals surface area contributed by atoms with Gasteiger partial charge in [0.2, 0.25) is 11.8 Å². The highest BCUT2D eigenvalue weighted by atomic mass is 16.5. The number of nitrogens with one attached hydrogen (secondary N) is 1. The number of nitrogens with zero attached hydrogens (tertiary/aromatic N) is 2. The first-order valence-electron chi connectivity index (χ1n) is 10.3. The SMILES string of the molecule is COC(=O)C1Cc2ccccc2CN1C(=O)CN(C)CC(=O)Nc1cccc(C)c1C. The molecule has 1 heterocycles. The molecule has 0 aliphatic carbocycles. The van der Waals surface area contributed by atoms with Crippen LogP contribution < -0.4 is 5.32 Å². The molecule has 0 radical (unpaired) electrons. The number of esters is 1. The number of carbonyl (C=O) groups is 3. The number of fused-ring (bicyclic) bond motifs is 1. The van der Waals surface area contributed by atoms with Crippen LogP contribution in [0.15, 0.2) is 42.5 Å². The normalized spacial score (nSPS) is 15.4. The van der Waals surface area contributed by atoms with Crippen LogP contribution in [0.4, 0.5) is 5.69 Å². The van der Waals surface area contributed by atoms with Crippen molar-refractivity contribution >= 4 is 23.5 Å². The van der Waals surface area contributed by atoms with Crippen LogP contribution in [0.25, 0.3) is 0 Å². The summed E-state index contributed by atoms with van der Waals surface area (Å²) in [6.07, 6.45) is 0.422. The number of likely N-dealkylation sites (N-methyl/N-ethyl adjacent to an activating group) is 1. The summed E-state index contributed by atoms with van der Waals surface area (Å²) in [4.78, 5) is 41.0. The molecule has 1 aliphatic heterocycles. The molecule has 7 heteroatoms. The average molecular weight is 424 g/mol. The van der Waals surface area contributed by atoms with Gasteiger partial charge in [0.25, 0.3) is 0 Å². The number of rotatable bonds is 6. The van der Waals surface area contributed by atoms with Crippen molar-refractivity contribution in [1.29, 1.82) is 0 Å². The molecule has 0 aromatic heterocycles. The van der Waals surface area contributed by atoms with Gasteiger partial charge in [0.05, 0.1) is 20.2 Å². The van der Waals surface area contributed by atoms with E-state index in [0.717, 1.165) is 27.9 Å². The molecule has 1 atom stereocenters. The van der Waals surface area contributed by atoms with Crippen LogP contribution in [-0.2, 0) is 32.1 Å². The third-order valence-corrected chi connectivity index (χ3v) is 5.74. The Balaban J connectivity index is 1.64. The Morgan fingerprint density at radius 1 is 1.06 bits per heavy atom. The van der Waals surface area contributed by atoms with Crippen molar-refractivity contribution in [2.45, 2.75) is 32.9 Å². The Morgan fingerprint density at radius 2 is 1.77 bits per heavy atom. The monoisotopic (exact) mass is 423 g/mol. The second kappa shape index (κ2) is 9.75. The molecule has 1 aliphatic rings. The maximum Gasteiger partial charge on any atom is 0.328 e. The topological polar surface area (TPSA) is 79.0 Å². The zero-order chi connectivity index (χ0) is 22.5. The molecule has 2 amide bonds. The second-order valence-corrected chi connectivity index (χ2v) is 8.00. The van der Waals surface area contributed by atoms with Gasteiger partial charge >= 0.3 is 5.97 Å². The maximum absolute atomic E-state index is 13.0. The number of anilines is 1. The van der Waals surface area contributed by atoms with Crippen molar-refractivity contribution in [1.82, 2.24) is 9.80 Å². The predicted molar refractivity (Wildman–Crippen MR) is 119 cm³/mol. The summed E-state index contributed by atoms with van der Waals surface area (Å²) < 4.78 is 4.93. The quantitative estimate of drug-likeness (QED) is 0.722. The Bertz CT molecular complexity index is 989. The molecule has 1 unspecified atom stereocenters. The lowest BCUT2D eigenvalue weighted by atomic mass is 9.94. The standard InChI is InChI=1S/C24H29N3O4/c1-16-8-7-11-20(17(16)2)25-22(28)14-26(3)15-23(29)27-13-19-10-6-5-9-18(19)12-21(27)24(30)31-4/h5-11,21H,12-15H2,1-4H3,(H,25,28). The van der Waals surface area contributed by atoms with Crippen LogP contribution in [0.1, 0.15) is 22.3 Å². The van der Waals surface area contributed by atoms with Crippen LogP contribution in [0.3, 0.4) is 0 Å². The minimum Gasteiger partial charge on any atom is -0.467 e. The summed E-state index contributed by atoms with van der Waals surface area (Å²) in [6.45, 7) is 4.38. The van der Waals surface area contributed by atoms with E-state index in [4.69, 9.17) is 4.74 Å². The van der Waals surface area contributed by atoms with Gasteiger partial charge in [-0.05, 0) is 49.2 Å². The predicted octanol–water partition coefficient (Wildman–Crippen LogP) is 2.30. The van der Waals surface area contributed by atoms with E-state index in [-0.39, 0.29) is 24.9 Å². The van der Waals surface area contributed by atoms with Gasteiger partial charge in [-0.25, -0.2) is 4.79 Å². The van der Waals surface area contributed by atoms with E-state index in [1.165, 1.54) is 7.11 Å². The van der Waals surface area contributed by atoms with E-state index in [1.807, 2.05) is 56.3 Å². The summed E-state index contributed by atoms with van der Waals surface area (Å²) in [7, 11) is 3.04. The molecule has 0 saturated heterocycles. The minimum atomic E-state index is -0.662. The summed E-state index contributed by atoms with van der Waals surface area (Å²) in [5, 5.41) is 2.90. The van der Waals surface area contributed by atoms with Crippen LogP contribution >= 0.6 is 0 Å². The van der Waals surface area contributed by atoms with Crippen molar-refractivity contribution in [2.75, 3.05) is 32.6 Å². The van der Waals surface area contributed by atoms with Gasteiger partial charge in [-0.1, -0.05) is 36.4 Å². The molecule has 164 valence electrons. The molecular weight excluding hydrogens is 394 g/mol. The van der Waals surface area contributed by atoms with Crippen LogP contribution in [0.2, 0.25) is 0 Å². The van der Waals surface area contributed by atoms with Gasteiger partial charge in [-0.2, -0.15) is 0 Å². The number of hydrogen-bond donors (Lipinski definition) is 1. The Kier molecular flexibility index (Phi) is 7.07. The zero-order valence-corrected chi connectivity index (χ0v) is 18.5. The zero-order valence-electron chi connectivity index (χ0n) is 18.5. The van der Waals surface area contributed by atoms with Crippen molar-refractivity contribution in [2.24, 2.45) is 0 Å². The summed E-state index contributed by atoms with van der Waals surface area (Å²) in [6, 6.07) is 12.9. The Morgan fingerprint density at radius 3 is 2.48 bits per heavy atom. The molecule has 31 heavy (non-hydrogen) atoms. The number of methoxy groups -OCH3 is 1. The largest absolute Gasteiger partial charge is 0.467 e. The van der Waals surface area contributed by atoms with E-state index in [0.29, 0.717) is 13.0 Å². The van der Waals surface area contributed by atoms with E-state index in [2.05, 4.69) is 5.32 Å². The molecular formula is C24H29N3O4. The molecule has 0 spiro atoms. The first-order chi connectivity index (χ1) is 14.8. The third kappa shape index (κ3) is 5.30. The molecule has 2 aromatic rings. The van der Waals surface area contributed by atoms with Crippen LogP contribution in [0, 0.1) is 13.8 Å².